The van der Waals surface area contributed by atoms with Crippen LogP contribution in [-0.4, -0.2) is 69.8 Å². The van der Waals surface area contributed by atoms with E-state index in [9.17, 15) is 28.2 Å². The van der Waals surface area contributed by atoms with Gasteiger partial charge in [-0.15, -0.1) is 6.58 Å². The standard InChI is InChI=1S/C31H33F3N2O4/c1-4-13-36-14-12-29-26-20-9-10-23(37)27(26)40-28(29)22(15-18(2)30(29,39)24(36)17-20)35(3)25(38)11-8-19-6-5-7-21(16-19)31(32,33)34/h4-11,16,18,22,24,28,37,39H,1,12-15,17H2,2-3H3/b11-8+/t18?,22?,24-,28?,29+,30-/m1/s1. The van der Waals surface area contributed by atoms with Gasteiger partial charge in [0.15, 0.2) is 11.5 Å². The lowest BCUT2D eigenvalue weighted by molar-refractivity contribution is -0.222. The van der Waals surface area contributed by atoms with Crippen molar-refractivity contribution in [1.29, 1.82) is 0 Å². The van der Waals surface area contributed by atoms with Crippen LogP contribution in [-0.2, 0) is 22.8 Å². The molecule has 9 heteroatoms. The molecular formula is C31H33F3N2O4. The number of piperidine rings is 1. The zero-order chi connectivity index (χ0) is 28.6. The first-order valence-electron chi connectivity index (χ1n) is 13.6. The van der Waals surface area contributed by atoms with Crippen LogP contribution in [0.15, 0.2) is 55.1 Å². The molecule has 3 unspecified atom stereocenters. The number of benzene rings is 2. The van der Waals surface area contributed by atoms with E-state index in [1.807, 2.05) is 19.1 Å². The summed E-state index contributed by atoms with van der Waals surface area (Å²) in [4.78, 5) is 17.3. The molecule has 6 nitrogen and oxygen atoms in total. The first kappa shape index (κ1) is 26.9. The maximum Gasteiger partial charge on any atom is 0.416 e. The molecule has 2 heterocycles. The third kappa shape index (κ3) is 3.59. The van der Waals surface area contributed by atoms with E-state index in [4.69, 9.17) is 4.74 Å². The summed E-state index contributed by atoms with van der Waals surface area (Å²) in [6.45, 7) is 7.27. The maximum atomic E-state index is 13.4. The van der Waals surface area contributed by atoms with Gasteiger partial charge < -0.3 is 19.8 Å². The minimum absolute atomic E-state index is 0.0154. The summed E-state index contributed by atoms with van der Waals surface area (Å²) in [5, 5.41) is 23.5. The Labute approximate surface area is 231 Å². The number of carbonyl (C=O) groups excluding carboxylic acids is 1. The van der Waals surface area contributed by atoms with E-state index >= 15 is 0 Å². The number of likely N-dealkylation sites (tertiary alicyclic amines) is 1. The van der Waals surface area contributed by atoms with E-state index in [-0.39, 0.29) is 29.2 Å². The van der Waals surface area contributed by atoms with E-state index in [0.717, 1.165) is 23.3 Å². The zero-order valence-electron chi connectivity index (χ0n) is 22.5. The monoisotopic (exact) mass is 554 g/mol. The van der Waals surface area contributed by atoms with Crippen molar-refractivity contribution >= 4 is 12.0 Å². The summed E-state index contributed by atoms with van der Waals surface area (Å²) in [6, 6.07) is 7.76. The highest BCUT2D eigenvalue weighted by atomic mass is 19.4. The number of carbonyl (C=O) groups is 1. The number of amides is 1. The molecule has 6 atom stereocenters. The van der Waals surface area contributed by atoms with Crippen LogP contribution < -0.4 is 4.74 Å². The molecule has 2 fully saturated rings. The van der Waals surface area contributed by atoms with Gasteiger partial charge in [0.25, 0.3) is 0 Å². The van der Waals surface area contributed by atoms with Crippen molar-refractivity contribution in [2.45, 2.75) is 61.6 Å². The number of likely N-dealkylation sites (N-methyl/N-ethyl adjacent to an activating group) is 1. The van der Waals surface area contributed by atoms with E-state index in [1.165, 1.54) is 24.3 Å². The van der Waals surface area contributed by atoms with Crippen LogP contribution in [0.4, 0.5) is 13.2 Å². The molecule has 2 aliphatic heterocycles. The number of hydrogen-bond donors (Lipinski definition) is 2. The summed E-state index contributed by atoms with van der Waals surface area (Å²) in [7, 11) is 1.66. The molecule has 1 spiro atoms. The minimum Gasteiger partial charge on any atom is -0.504 e. The second kappa shape index (κ2) is 9.11. The van der Waals surface area contributed by atoms with Gasteiger partial charge in [-0.1, -0.05) is 31.2 Å². The minimum atomic E-state index is -4.47. The highest BCUT2D eigenvalue weighted by Gasteiger charge is 2.75. The molecule has 1 saturated heterocycles. The van der Waals surface area contributed by atoms with Gasteiger partial charge in [-0.05, 0) is 67.1 Å². The van der Waals surface area contributed by atoms with Crippen LogP contribution in [0.1, 0.15) is 42.0 Å². The number of ether oxygens (including phenoxy) is 1. The Balaban J connectivity index is 1.37. The van der Waals surface area contributed by atoms with Gasteiger partial charge in [0, 0.05) is 31.3 Å². The summed E-state index contributed by atoms with van der Waals surface area (Å²) >= 11 is 0. The highest BCUT2D eigenvalue weighted by molar-refractivity contribution is 5.92. The predicted octanol–water partition coefficient (Wildman–Crippen LogP) is 4.54. The van der Waals surface area contributed by atoms with E-state index < -0.39 is 34.9 Å². The first-order valence-corrected chi connectivity index (χ1v) is 13.6. The molecule has 212 valence electrons. The smallest absolute Gasteiger partial charge is 0.416 e. The van der Waals surface area contributed by atoms with Gasteiger partial charge >= 0.3 is 6.18 Å². The van der Waals surface area contributed by atoms with Crippen LogP contribution in [0.25, 0.3) is 6.08 Å². The van der Waals surface area contributed by atoms with Crippen LogP contribution in [0, 0.1) is 5.92 Å². The van der Waals surface area contributed by atoms with Crippen LogP contribution in [0.5, 0.6) is 11.5 Å². The largest absolute Gasteiger partial charge is 0.504 e. The van der Waals surface area contributed by atoms with E-state index in [0.29, 0.717) is 38.1 Å². The number of halogens is 3. The number of hydrogen-bond acceptors (Lipinski definition) is 5. The summed E-state index contributed by atoms with van der Waals surface area (Å²) in [5.74, 6) is -0.186. The lowest BCUT2D eigenvalue weighted by Gasteiger charge is -2.66. The number of phenolic OH excluding ortho intramolecular Hbond substituents is 1. The molecule has 2 bridgehead atoms. The number of nitrogens with zero attached hydrogens (tertiary/aromatic N) is 2. The lowest BCUT2D eigenvalue weighted by Crippen LogP contribution is -2.80. The number of alkyl halides is 3. The fourth-order valence-corrected chi connectivity index (χ4v) is 8.05. The molecule has 2 aromatic carbocycles. The molecule has 2 aliphatic carbocycles. The Morgan fingerprint density at radius 1 is 1.30 bits per heavy atom. The quantitative estimate of drug-likeness (QED) is 0.420. The predicted molar refractivity (Wildman–Crippen MR) is 144 cm³/mol. The topological polar surface area (TPSA) is 73.2 Å². The number of phenols is 1. The SMILES string of the molecule is C=CCN1CC[C@]23c4c5ccc(O)c4OC2C(N(C)C(=O)/C=C/c2cccc(C(F)(F)F)c2)CC(C)[C@@]3(O)[C@H]1C5. The molecule has 4 aliphatic rings. The molecule has 0 aromatic heterocycles. The Kier molecular flexibility index (Phi) is 6.12. The fourth-order valence-electron chi connectivity index (χ4n) is 8.05. The number of aromatic hydroxyl groups is 1. The third-order valence-electron chi connectivity index (χ3n) is 9.81. The Hall–Kier alpha value is -3.30. The molecule has 2 aromatic rings. The second-order valence-electron chi connectivity index (χ2n) is 11.6. The molecule has 1 amide bonds. The Morgan fingerprint density at radius 3 is 2.80 bits per heavy atom. The average Bonchev–Trinajstić information content (AvgIpc) is 3.27. The van der Waals surface area contributed by atoms with E-state index in [2.05, 4.69) is 11.5 Å². The molecule has 1 saturated carbocycles. The fraction of sp³-hybridized carbons (Fsp3) is 0.452. The van der Waals surface area contributed by atoms with Crippen LogP contribution in [0.3, 0.4) is 0 Å². The zero-order valence-corrected chi connectivity index (χ0v) is 22.5. The van der Waals surface area contributed by atoms with E-state index in [1.54, 1.807) is 18.0 Å². The molecular weight excluding hydrogens is 521 g/mol. The normalized spacial score (nSPS) is 32.5. The van der Waals surface area contributed by atoms with Crippen molar-refractivity contribution in [1.82, 2.24) is 9.80 Å². The van der Waals surface area contributed by atoms with Gasteiger partial charge in [-0.2, -0.15) is 13.2 Å². The van der Waals surface area contributed by atoms with Crippen molar-refractivity contribution in [3.8, 4) is 11.5 Å². The Bertz CT molecular complexity index is 1410. The van der Waals surface area contributed by atoms with Gasteiger partial charge in [0.2, 0.25) is 5.91 Å². The van der Waals surface area contributed by atoms with Gasteiger partial charge in [-0.25, -0.2) is 0 Å². The molecule has 40 heavy (non-hydrogen) atoms. The van der Waals surface area contributed by atoms with Crippen molar-refractivity contribution < 1.29 is 32.9 Å². The van der Waals surface area contributed by atoms with Crippen LogP contribution in [0.2, 0.25) is 0 Å². The second-order valence-corrected chi connectivity index (χ2v) is 11.6. The summed E-state index contributed by atoms with van der Waals surface area (Å²) in [5.41, 5.74) is -0.600. The summed E-state index contributed by atoms with van der Waals surface area (Å²) in [6.07, 6.45) is 1.11. The first-order chi connectivity index (χ1) is 18.9. The lowest BCUT2D eigenvalue weighted by atomic mass is 9.45. The summed E-state index contributed by atoms with van der Waals surface area (Å²) < 4.78 is 46.0. The molecule has 2 N–H and O–H groups in total. The average molecular weight is 555 g/mol. The number of rotatable bonds is 5. The maximum absolute atomic E-state index is 13.4. The van der Waals surface area contributed by atoms with Crippen LogP contribution >= 0.6 is 0 Å². The van der Waals surface area contributed by atoms with Gasteiger partial charge in [-0.3, -0.25) is 9.69 Å². The number of aliphatic hydroxyl groups is 1. The van der Waals surface area contributed by atoms with Crippen molar-refractivity contribution in [3.05, 3.63) is 77.4 Å². The highest BCUT2D eigenvalue weighted by Crippen LogP contribution is 2.67. The third-order valence-corrected chi connectivity index (χ3v) is 9.81. The molecule has 6 rings (SSSR count). The van der Waals surface area contributed by atoms with Crippen molar-refractivity contribution in [3.63, 3.8) is 0 Å². The molecule has 0 radical (unpaired) electrons. The van der Waals surface area contributed by atoms with Gasteiger partial charge in [0.05, 0.1) is 22.6 Å². The van der Waals surface area contributed by atoms with Crippen molar-refractivity contribution in [2.24, 2.45) is 5.92 Å². The Morgan fingerprint density at radius 2 is 2.08 bits per heavy atom. The van der Waals surface area contributed by atoms with Gasteiger partial charge in [0.1, 0.15) is 6.10 Å². The van der Waals surface area contributed by atoms with Crippen molar-refractivity contribution in [2.75, 3.05) is 20.1 Å².